The van der Waals surface area contributed by atoms with Gasteiger partial charge in [-0.1, -0.05) is 159 Å². The first-order valence-corrected chi connectivity index (χ1v) is 20.9. The third-order valence-corrected chi connectivity index (χ3v) is 13.0. The Morgan fingerprint density at radius 2 is 0.984 bits per heavy atom. The summed E-state index contributed by atoms with van der Waals surface area (Å²) >= 11 is 0. The summed E-state index contributed by atoms with van der Waals surface area (Å²) in [5.74, 6) is 1.82. The number of rotatable bonds is 4. The summed E-state index contributed by atoms with van der Waals surface area (Å²) in [5, 5.41) is 9.41. The molecule has 5 heteroatoms. The lowest BCUT2D eigenvalue weighted by atomic mass is 9.82. The average molecular weight is 781 g/mol. The highest BCUT2D eigenvalue weighted by molar-refractivity contribution is 6.29. The van der Waals surface area contributed by atoms with Crippen LogP contribution in [-0.2, 0) is 5.41 Å². The second-order valence-electron chi connectivity index (χ2n) is 16.8. The van der Waals surface area contributed by atoms with Gasteiger partial charge in [0.1, 0.15) is 11.2 Å². The first kappa shape index (κ1) is 34.0. The summed E-state index contributed by atoms with van der Waals surface area (Å²) in [6.07, 6.45) is 0. The molecule has 0 unspecified atom stereocenters. The number of nitrogens with zero attached hydrogens (tertiary/aromatic N) is 4. The van der Waals surface area contributed by atoms with Crippen molar-refractivity contribution < 1.29 is 4.42 Å². The van der Waals surface area contributed by atoms with E-state index in [9.17, 15) is 0 Å². The maximum absolute atomic E-state index is 6.77. The molecular weight excluding hydrogens is 745 g/mol. The Balaban J connectivity index is 1.11. The highest BCUT2D eigenvalue weighted by atomic mass is 16.3. The fourth-order valence-corrected chi connectivity index (χ4v) is 10.1. The molecule has 12 aromatic rings. The van der Waals surface area contributed by atoms with Gasteiger partial charge >= 0.3 is 0 Å². The lowest BCUT2D eigenvalue weighted by Gasteiger charge is -2.21. The largest absolute Gasteiger partial charge is 0.456 e. The summed E-state index contributed by atoms with van der Waals surface area (Å²) in [5.41, 5.74) is 12.5. The Kier molecular flexibility index (Phi) is 7.00. The minimum Gasteiger partial charge on any atom is -0.456 e. The van der Waals surface area contributed by atoms with E-state index in [2.05, 4.69) is 170 Å². The first-order valence-electron chi connectivity index (χ1n) is 20.9. The van der Waals surface area contributed by atoms with Gasteiger partial charge in [-0.2, -0.15) is 0 Å². The maximum Gasteiger partial charge on any atom is 0.164 e. The molecule has 3 heterocycles. The van der Waals surface area contributed by atoms with Crippen LogP contribution in [0.2, 0.25) is 0 Å². The van der Waals surface area contributed by atoms with E-state index in [-0.39, 0.29) is 5.41 Å². The topological polar surface area (TPSA) is 56.7 Å². The van der Waals surface area contributed by atoms with Crippen molar-refractivity contribution in [1.29, 1.82) is 0 Å². The van der Waals surface area contributed by atoms with Crippen molar-refractivity contribution in [2.75, 3.05) is 0 Å². The van der Waals surface area contributed by atoms with Crippen molar-refractivity contribution >= 4 is 65.3 Å². The molecule has 3 aromatic heterocycles. The van der Waals surface area contributed by atoms with Gasteiger partial charge in [0, 0.05) is 38.3 Å². The normalized spacial score (nSPS) is 13.2. The van der Waals surface area contributed by atoms with Crippen LogP contribution in [0.3, 0.4) is 0 Å². The van der Waals surface area contributed by atoms with E-state index in [0.29, 0.717) is 17.5 Å². The quantitative estimate of drug-likeness (QED) is 0.178. The molecule has 0 amide bonds. The molecule has 0 saturated heterocycles. The number of furan rings is 1. The van der Waals surface area contributed by atoms with E-state index < -0.39 is 0 Å². The highest BCUT2D eigenvalue weighted by Gasteiger charge is 2.35. The first-order chi connectivity index (χ1) is 30.0. The molecule has 0 aliphatic heterocycles. The van der Waals surface area contributed by atoms with Crippen LogP contribution in [0, 0.1) is 0 Å². The molecular formula is C56H36N4O. The van der Waals surface area contributed by atoms with Crippen molar-refractivity contribution in [2.45, 2.75) is 19.3 Å². The van der Waals surface area contributed by atoms with Gasteiger partial charge in [0.25, 0.3) is 0 Å². The molecule has 0 radical (unpaired) electrons. The molecule has 1 aliphatic carbocycles. The van der Waals surface area contributed by atoms with E-state index in [0.717, 1.165) is 55.3 Å². The van der Waals surface area contributed by atoms with E-state index >= 15 is 0 Å². The Labute approximate surface area is 351 Å². The predicted octanol–water partition coefficient (Wildman–Crippen LogP) is 14.5. The molecule has 0 bridgehead atoms. The minimum absolute atomic E-state index is 0.166. The number of fused-ring (bicyclic) bond motifs is 13. The molecule has 0 fully saturated rings. The summed E-state index contributed by atoms with van der Waals surface area (Å²) in [6, 6.07) is 64.7. The van der Waals surface area contributed by atoms with Crippen molar-refractivity contribution in [3.05, 3.63) is 193 Å². The van der Waals surface area contributed by atoms with Gasteiger partial charge in [-0.25, -0.2) is 15.0 Å². The monoisotopic (exact) mass is 780 g/mol. The Morgan fingerprint density at radius 1 is 0.410 bits per heavy atom. The number of benzene rings is 9. The van der Waals surface area contributed by atoms with Gasteiger partial charge < -0.3 is 8.98 Å². The molecule has 0 atom stereocenters. The van der Waals surface area contributed by atoms with Crippen molar-refractivity contribution in [1.82, 2.24) is 19.5 Å². The SMILES string of the molecule is CC1(C)c2ccccc2-c2ccc(-c3nc(-c4ccccc4)nc(-c4cc(-n5c6ccc7ccccc7c6c6c7ccccc7ccc65)c5c(c4)oc4ccccc45)n3)cc21. The van der Waals surface area contributed by atoms with E-state index in [1.54, 1.807) is 0 Å². The third kappa shape index (κ3) is 4.92. The standard InChI is InChI=1S/C56H36N4O/c1-56(2)43-22-12-10-20-40(43)41-27-24-36(30-44(41)56)54-57-53(35-16-4-3-5-17-35)58-55(59-54)37-31-47(50-42-21-11-13-23-48(42)61-49(50)32-37)60-45-28-25-33-14-6-8-18-38(33)51(45)52-39-19-9-7-15-34(39)26-29-46(52)60/h3-32H,1-2H3. The van der Waals surface area contributed by atoms with Gasteiger partial charge in [0.15, 0.2) is 17.5 Å². The summed E-state index contributed by atoms with van der Waals surface area (Å²) in [4.78, 5) is 15.8. The van der Waals surface area contributed by atoms with Gasteiger partial charge in [-0.05, 0) is 80.2 Å². The van der Waals surface area contributed by atoms with Crippen LogP contribution in [-0.4, -0.2) is 19.5 Å². The zero-order chi connectivity index (χ0) is 40.4. The summed E-state index contributed by atoms with van der Waals surface area (Å²) < 4.78 is 9.20. The third-order valence-electron chi connectivity index (χ3n) is 13.0. The van der Waals surface area contributed by atoms with Crippen molar-refractivity contribution in [2.24, 2.45) is 0 Å². The zero-order valence-electron chi connectivity index (χ0n) is 33.5. The molecule has 0 spiro atoms. The van der Waals surface area contributed by atoms with Crippen LogP contribution in [0.15, 0.2) is 186 Å². The van der Waals surface area contributed by atoms with Crippen LogP contribution in [0.1, 0.15) is 25.0 Å². The van der Waals surface area contributed by atoms with Gasteiger partial charge in [-0.3, -0.25) is 0 Å². The van der Waals surface area contributed by atoms with Gasteiger partial charge in [0.2, 0.25) is 0 Å². The number of aromatic nitrogens is 4. The fraction of sp³-hybridized carbons (Fsp3) is 0.0536. The molecule has 0 saturated carbocycles. The van der Waals surface area contributed by atoms with Crippen LogP contribution in [0.5, 0.6) is 0 Å². The Hall–Kier alpha value is -7.89. The average Bonchev–Trinajstić information content (AvgIpc) is 3.94. The van der Waals surface area contributed by atoms with E-state index in [1.165, 1.54) is 54.6 Å². The van der Waals surface area contributed by atoms with Crippen molar-refractivity contribution in [3.63, 3.8) is 0 Å². The van der Waals surface area contributed by atoms with Crippen LogP contribution >= 0.6 is 0 Å². The van der Waals surface area contributed by atoms with Gasteiger partial charge in [0.05, 0.1) is 22.1 Å². The molecule has 1 aliphatic rings. The number of hydrogen-bond acceptors (Lipinski definition) is 4. The molecule has 61 heavy (non-hydrogen) atoms. The lowest BCUT2D eigenvalue weighted by molar-refractivity contribution is 0.660. The molecule has 13 rings (SSSR count). The van der Waals surface area contributed by atoms with E-state index in [4.69, 9.17) is 19.4 Å². The van der Waals surface area contributed by atoms with Crippen LogP contribution in [0.25, 0.3) is 116 Å². The van der Waals surface area contributed by atoms with Crippen molar-refractivity contribution in [3.8, 4) is 51.0 Å². The van der Waals surface area contributed by atoms with Crippen LogP contribution in [0.4, 0.5) is 0 Å². The predicted molar refractivity (Wildman–Crippen MR) is 250 cm³/mol. The Morgan fingerprint density at radius 3 is 1.70 bits per heavy atom. The zero-order valence-corrected chi connectivity index (χ0v) is 33.5. The highest BCUT2D eigenvalue weighted by Crippen LogP contribution is 2.50. The smallest absolute Gasteiger partial charge is 0.164 e. The second kappa shape index (κ2) is 12.6. The molecule has 286 valence electrons. The molecule has 0 N–H and O–H groups in total. The lowest BCUT2D eigenvalue weighted by Crippen LogP contribution is -2.15. The number of hydrogen-bond donors (Lipinski definition) is 0. The molecule has 9 aromatic carbocycles. The fourth-order valence-electron chi connectivity index (χ4n) is 10.1. The Bertz CT molecular complexity index is 3710. The summed E-state index contributed by atoms with van der Waals surface area (Å²) in [7, 11) is 0. The second-order valence-corrected chi connectivity index (χ2v) is 16.8. The van der Waals surface area contributed by atoms with E-state index in [1.807, 2.05) is 30.3 Å². The van der Waals surface area contributed by atoms with Crippen LogP contribution < -0.4 is 0 Å². The van der Waals surface area contributed by atoms with Gasteiger partial charge in [-0.15, -0.1) is 0 Å². The number of para-hydroxylation sites is 1. The minimum atomic E-state index is -0.166. The summed E-state index contributed by atoms with van der Waals surface area (Å²) in [6.45, 7) is 4.61. The maximum atomic E-state index is 6.77. The molecule has 5 nitrogen and oxygen atoms in total.